The second kappa shape index (κ2) is 5.06. The number of hydrogen-bond donors (Lipinski definition) is 2. The number of nitrogens with one attached hydrogen (secondary N) is 1. The molecular formula is C10H11N5O3S. The first-order chi connectivity index (χ1) is 8.99. The molecule has 19 heavy (non-hydrogen) atoms. The van der Waals surface area contributed by atoms with Gasteiger partial charge in [0, 0.05) is 5.69 Å². The van der Waals surface area contributed by atoms with E-state index in [4.69, 9.17) is 5.73 Å². The van der Waals surface area contributed by atoms with Crippen LogP contribution in [0.15, 0.2) is 35.4 Å². The number of nitrogen functional groups attached to an aromatic ring is 1. The molecule has 0 radical (unpaired) electrons. The van der Waals surface area contributed by atoms with E-state index in [1.54, 1.807) is 24.3 Å². The van der Waals surface area contributed by atoms with Gasteiger partial charge in [-0.2, -0.15) is 9.55 Å². The molecule has 0 saturated carbocycles. The molecule has 0 bridgehead atoms. The maximum Gasteiger partial charge on any atom is 0.344 e. The molecule has 1 unspecified atom stereocenters. The quantitative estimate of drug-likeness (QED) is 0.493. The monoisotopic (exact) mass is 281 g/mol. The minimum absolute atomic E-state index is 0.154. The Hall–Kier alpha value is -2.42. The van der Waals surface area contributed by atoms with Crippen LogP contribution in [-0.2, 0) is 18.0 Å². The van der Waals surface area contributed by atoms with E-state index in [9.17, 15) is 14.3 Å². The van der Waals surface area contributed by atoms with Gasteiger partial charge in [-0.05, 0) is 29.2 Å². The van der Waals surface area contributed by atoms with Gasteiger partial charge in [0.05, 0.1) is 11.9 Å². The Morgan fingerprint density at radius 2 is 2.05 bits per heavy atom. The van der Waals surface area contributed by atoms with Gasteiger partial charge >= 0.3 is 11.8 Å². The molecule has 0 saturated heterocycles. The zero-order valence-electron chi connectivity index (χ0n) is 9.94. The summed E-state index contributed by atoms with van der Waals surface area (Å²) in [6.45, 7) is 0. The average molecular weight is 281 g/mol. The summed E-state index contributed by atoms with van der Waals surface area (Å²) in [6.07, 6.45) is 1.10. The lowest BCUT2D eigenvalue weighted by atomic mass is 10.3. The van der Waals surface area contributed by atoms with E-state index in [0.29, 0.717) is 10.6 Å². The van der Waals surface area contributed by atoms with Crippen LogP contribution in [0.3, 0.4) is 0 Å². The smallest absolute Gasteiger partial charge is 0.344 e. The van der Waals surface area contributed by atoms with Crippen LogP contribution in [0, 0.1) is 10.1 Å². The Balaban J connectivity index is 2.19. The Labute approximate surface area is 111 Å². The molecule has 1 aromatic carbocycles. The van der Waals surface area contributed by atoms with Gasteiger partial charge in [0.2, 0.25) is 0 Å². The highest BCUT2D eigenvalue weighted by Crippen LogP contribution is 2.18. The zero-order chi connectivity index (χ0) is 14.0. The molecular weight excluding hydrogens is 270 g/mol. The topological polar surface area (TPSA) is 116 Å². The fourth-order valence-corrected chi connectivity index (χ4v) is 2.25. The van der Waals surface area contributed by atoms with E-state index in [-0.39, 0.29) is 11.8 Å². The van der Waals surface area contributed by atoms with Crippen LogP contribution in [0.25, 0.3) is 0 Å². The molecule has 0 aliphatic rings. The molecule has 1 heterocycles. The molecule has 8 nitrogen and oxygen atoms in total. The maximum absolute atomic E-state index is 12.0. The van der Waals surface area contributed by atoms with Gasteiger partial charge < -0.3 is 15.8 Å². The highest BCUT2D eigenvalue weighted by molar-refractivity contribution is 7.86. The highest BCUT2D eigenvalue weighted by Gasteiger charge is 2.18. The van der Waals surface area contributed by atoms with Crippen LogP contribution in [-0.4, -0.2) is 18.7 Å². The number of benzene rings is 1. The van der Waals surface area contributed by atoms with E-state index < -0.39 is 15.9 Å². The molecule has 1 aromatic heterocycles. The van der Waals surface area contributed by atoms with E-state index >= 15 is 0 Å². The van der Waals surface area contributed by atoms with Crippen LogP contribution < -0.4 is 10.5 Å². The standard InChI is InChI=1S/C10H11N5O3S/c1-14-9(15(16)17)6-12-10(14)13-19(18)8-4-2-7(11)3-5-8/h2-6H,11H2,1H3,(H,12,13). The number of hydrogen-bond acceptors (Lipinski definition) is 5. The Morgan fingerprint density at radius 1 is 1.42 bits per heavy atom. The van der Waals surface area contributed by atoms with Gasteiger partial charge in [0.25, 0.3) is 0 Å². The number of nitrogens with zero attached hydrogens (tertiary/aromatic N) is 3. The van der Waals surface area contributed by atoms with Crippen molar-refractivity contribution in [1.29, 1.82) is 0 Å². The Bertz CT molecular complexity index is 637. The molecule has 0 fully saturated rings. The average Bonchev–Trinajstić information content (AvgIpc) is 2.72. The maximum atomic E-state index is 12.0. The summed E-state index contributed by atoms with van der Waals surface area (Å²) in [5.74, 6) is -0.0290. The lowest BCUT2D eigenvalue weighted by Gasteiger charge is -2.03. The van der Waals surface area contributed by atoms with Crippen molar-refractivity contribution in [3.63, 3.8) is 0 Å². The van der Waals surface area contributed by atoms with Crippen LogP contribution in [0.2, 0.25) is 0 Å². The highest BCUT2D eigenvalue weighted by atomic mass is 32.2. The van der Waals surface area contributed by atoms with Gasteiger partial charge in [-0.1, -0.05) is 0 Å². The fraction of sp³-hybridized carbons (Fsp3) is 0.100. The first kappa shape index (κ1) is 13.0. The second-order valence-electron chi connectivity index (χ2n) is 3.70. The normalized spacial score (nSPS) is 12.1. The number of nitro groups is 1. The molecule has 0 spiro atoms. The third-order valence-corrected chi connectivity index (χ3v) is 3.50. The van der Waals surface area contributed by atoms with Crippen LogP contribution in [0.4, 0.5) is 17.5 Å². The van der Waals surface area contributed by atoms with Crippen molar-refractivity contribution in [2.24, 2.45) is 7.05 Å². The zero-order valence-corrected chi connectivity index (χ0v) is 10.8. The molecule has 1 atom stereocenters. The van der Waals surface area contributed by atoms with Crippen molar-refractivity contribution in [3.8, 4) is 0 Å². The number of aromatic nitrogens is 2. The largest absolute Gasteiger partial charge is 0.399 e. The van der Waals surface area contributed by atoms with Gasteiger partial charge in [0.15, 0.2) is 11.0 Å². The molecule has 0 aliphatic heterocycles. The van der Waals surface area contributed by atoms with Crippen LogP contribution >= 0.6 is 0 Å². The summed E-state index contributed by atoms with van der Waals surface area (Å²) in [5, 5.41) is 10.7. The van der Waals surface area contributed by atoms with Gasteiger partial charge in [-0.3, -0.25) is 4.72 Å². The van der Waals surface area contributed by atoms with Crippen LogP contribution in [0.1, 0.15) is 0 Å². The van der Waals surface area contributed by atoms with Crippen molar-refractivity contribution in [3.05, 3.63) is 40.6 Å². The molecule has 2 rings (SSSR count). The number of nitrogens with two attached hydrogens (primary N) is 1. The van der Waals surface area contributed by atoms with Crippen molar-refractivity contribution in [1.82, 2.24) is 9.55 Å². The summed E-state index contributed by atoms with van der Waals surface area (Å²) in [6, 6.07) is 6.46. The third kappa shape index (κ3) is 2.71. The van der Waals surface area contributed by atoms with Crippen molar-refractivity contribution in [2.45, 2.75) is 4.90 Å². The third-order valence-electron chi connectivity index (χ3n) is 2.43. The summed E-state index contributed by atoms with van der Waals surface area (Å²) >= 11 is 0. The molecule has 100 valence electrons. The first-order valence-corrected chi connectivity index (χ1v) is 6.34. The van der Waals surface area contributed by atoms with Gasteiger partial charge in [0.1, 0.15) is 6.20 Å². The minimum atomic E-state index is -1.56. The van der Waals surface area contributed by atoms with E-state index in [2.05, 4.69) is 9.71 Å². The number of anilines is 2. The second-order valence-corrected chi connectivity index (χ2v) is 4.91. The lowest BCUT2D eigenvalue weighted by molar-refractivity contribution is -0.391. The van der Waals surface area contributed by atoms with Crippen molar-refractivity contribution < 1.29 is 9.13 Å². The molecule has 0 aliphatic carbocycles. The van der Waals surface area contributed by atoms with Crippen molar-refractivity contribution >= 4 is 28.4 Å². The fourth-order valence-electron chi connectivity index (χ4n) is 1.40. The van der Waals surface area contributed by atoms with Crippen LogP contribution in [0.5, 0.6) is 0 Å². The van der Waals surface area contributed by atoms with E-state index in [1.807, 2.05) is 0 Å². The van der Waals surface area contributed by atoms with Gasteiger partial charge in [-0.25, -0.2) is 4.21 Å². The SMILES string of the molecule is Cn1c([N+](=O)[O-])cnc1NS(=O)c1ccc(N)cc1. The molecule has 3 N–H and O–H groups in total. The Morgan fingerprint density at radius 3 is 2.58 bits per heavy atom. The summed E-state index contributed by atoms with van der Waals surface area (Å²) < 4.78 is 15.8. The van der Waals surface area contributed by atoms with E-state index in [1.165, 1.54) is 11.6 Å². The Kier molecular flexibility index (Phi) is 3.47. The van der Waals surface area contributed by atoms with Crippen molar-refractivity contribution in [2.75, 3.05) is 10.5 Å². The number of rotatable bonds is 4. The molecule has 2 aromatic rings. The van der Waals surface area contributed by atoms with E-state index in [0.717, 1.165) is 6.20 Å². The molecule has 9 heteroatoms. The summed E-state index contributed by atoms with van der Waals surface area (Å²) in [7, 11) is -0.0984. The minimum Gasteiger partial charge on any atom is -0.399 e. The predicted octanol–water partition coefficient (Wildman–Crippen LogP) is 1.05. The lowest BCUT2D eigenvalue weighted by Crippen LogP contribution is -2.10. The number of imidazole rings is 1. The summed E-state index contributed by atoms with van der Waals surface area (Å²) in [5.41, 5.74) is 6.09. The molecule has 0 amide bonds. The van der Waals surface area contributed by atoms with Gasteiger partial charge in [-0.15, -0.1) is 0 Å². The first-order valence-electron chi connectivity index (χ1n) is 5.19. The summed E-state index contributed by atoms with van der Waals surface area (Å²) in [4.78, 5) is 14.4. The predicted molar refractivity (Wildman–Crippen MR) is 70.7 cm³/mol.